The molecule has 6 nitrogen and oxygen atoms in total. The van der Waals surface area contributed by atoms with Gasteiger partial charge < -0.3 is 10.0 Å². The molecule has 0 aromatic heterocycles. The number of halogens is 2. The fraction of sp³-hybridized carbons (Fsp3) is 0.440. The van der Waals surface area contributed by atoms with Gasteiger partial charge in [0.2, 0.25) is 5.91 Å². The van der Waals surface area contributed by atoms with Crippen molar-refractivity contribution >= 4 is 44.9 Å². The predicted molar refractivity (Wildman–Crippen MR) is 134 cm³/mol. The van der Waals surface area contributed by atoms with Gasteiger partial charge in [-0.25, -0.2) is 8.42 Å². The molecule has 1 aliphatic heterocycles. The number of nitrogens with zero attached hydrogens (tertiary/aromatic N) is 1. The van der Waals surface area contributed by atoms with Crippen molar-refractivity contribution in [2.75, 3.05) is 12.0 Å². The maximum Gasteiger partial charge on any atom is 0.304 e. The van der Waals surface area contributed by atoms with Gasteiger partial charge in [0.25, 0.3) is 0 Å². The molecule has 0 bridgehead atoms. The zero-order chi connectivity index (χ0) is 25.0. The maximum atomic E-state index is 13.7. The van der Waals surface area contributed by atoms with Crippen LogP contribution in [0.15, 0.2) is 48.5 Å². The number of carbonyl (C=O) groups is 2. The zero-order valence-corrected chi connectivity index (χ0v) is 21.5. The van der Waals surface area contributed by atoms with Crippen LogP contribution in [0.3, 0.4) is 0 Å². The molecule has 1 aliphatic rings. The molecule has 1 N–H and O–H groups in total. The third-order valence-corrected chi connectivity index (χ3v) is 7.88. The number of sulfone groups is 1. The van der Waals surface area contributed by atoms with Gasteiger partial charge in [-0.3, -0.25) is 9.59 Å². The molecule has 0 unspecified atom stereocenters. The summed E-state index contributed by atoms with van der Waals surface area (Å²) in [4.78, 5) is 27.1. The number of rotatable bonds is 9. The summed E-state index contributed by atoms with van der Waals surface area (Å²) in [6.45, 7) is 1.91. The van der Waals surface area contributed by atoms with Crippen LogP contribution in [-0.2, 0) is 19.4 Å². The van der Waals surface area contributed by atoms with Crippen molar-refractivity contribution in [1.82, 2.24) is 4.90 Å². The van der Waals surface area contributed by atoms with Gasteiger partial charge in [-0.2, -0.15) is 0 Å². The summed E-state index contributed by atoms with van der Waals surface area (Å²) in [5.74, 6) is -2.32. The van der Waals surface area contributed by atoms with Crippen molar-refractivity contribution in [2.24, 2.45) is 5.92 Å². The zero-order valence-electron chi connectivity index (χ0n) is 19.2. The van der Waals surface area contributed by atoms with Crippen LogP contribution in [0, 0.1) is 5.92 Å². The van der Waals surface area contributed by atoms with E-state index in [9.17, 15) is 23.1 Å². The Labute approximate surface area is 210 Å². The Bertz CT molecular complexity index is 1140. The van der Waals surface area contributed by atoms with E-state index in [1.165, 1.54) is 6.26 Å². The van der Waals surface area contributed by atoms with E-state index in [1.54, 1.807) is 23.1 Å². The molecule has 34 heavy (non-hydrogen) atoms. The average Bonchev–Trinajstić information content (AvgIpc) is 2.76. The fourth-order valence-corrected chi connectivity index (χ4v) is 5.89. The van der Waals surface area contributed by atoms with Crippen LogP contribution < -0.4 is 0 Å². The summed E-state index contributed by atoms with van der Waals surface area (Å²) in [7, 11) is -3.24. The Kier molecular flexibility index (Phi) is 8.66. The van der Waals surface area contributed by atoms with Gasteiger partial charge in [-0.15, -0.1) is 0 Å². The lowest BCUT2D eigenvalue weighted by molar-refractivity contribution is -0.152. The number of amides is 1. The van der Waals surface area contributed by atoms with Crippen LogP contribution in [0.1, 0.15) is 55.7 Å². The van der Waals surface area contributed by atoms with E-state index in [4.69, 9.17) is 23.2 Å². The first-order valence-electron chi connectivity index (χ1n) is 11.2. The Morgan fingerprint density at radius 1 is 1.12 bits per heavy atom. The number of carboxylic acids is 1. The Balaban J connectivity index is 2.16. The van der Waals surface area contributed by atoms with Gasteiger partial charge in [0.15, 0.2) is 0 Å². The lowest BCUT2D eigenvalue weighted by Gasteiger charge is -2.48. The summed E-state index contributed by atoms with van der Waals surface area (Å²) in [6, 6.07) is 13.8. The molecular weight excluding hydrogens is 497 g/mol. The fourth-order valence-electron chi connectivity index (χ4n) is 4.86. The van der Waals surface area contributed by atoms with Gasteiger partial charge >= 0.3 is 5.97 Å². The first-order chi connectivity index (χ1) is 16.0. The third kappa shape index (κ3) is 6.52. The van der Waals surface area contributed by atoms with Gasteiger partial charge in [0, 0.05) is 34.2 Å². The molecule has 0 saturated carbocycles. The molecule has 1 fully saturated rings. The van der Waals surface area contributed by atoms with Crippen LogP contribution in [0.5, 0.6) is 0 Å². The molecule has 184 valence electrons. The number of aliphatic carboxylic acids is 1. The number of hydrogen-bond donors (Lipinski definition) is 1. The molecule has 2 aromatic carbocycles. The number of likely N-dealkylation sites (tertiary alicyclic amines) is 1. The summed E-state index contributed by atoms with van der Waals surface area (Å²) < 4.78 is 23.9. The van der Waals surface area contributed by atoms with E-state index in [1.807, 2.05) is 37.3 Å². The number of carboxylic acid groups (broad SMARTS) is 1. The SMILES string of the molecule is CC[C@H](CCS(C)(=O)=O)N1C(=O)[C@H](CC(=O)O)C[C@H](c2cccc(Cl)c2)[C@H]1c1ccc(Cl)cc1. The third-order valence-electron chi connectivity index (χ3n) is 6.42. The summed E-state index contributed by atoms with van der Waals surface area (Å²) >= 11 is 12.4. The van der Waals surface area contributed by atoms with Crippen LogP contribution in [0.2, 0.25) is 10.0 Å². The molecule has 0 aliphatic carbocycles. The minimum Gasteiger partial charge on any atom is -0.481 e. The predicted octanol–water partition coefficient (Wildman–Crippen LogP) is 5.35. The Morgan fingerprint density at radius 2 is 1.79 bits per heavy atom. The van der Waals surface area contributed by atoms with Gasteiger partial charge in [-0.1, -0.05) is 54.4 Å². The monoisotopic (exact) mass is 525 g/mol. The van der Waals surface area contributed by atoms with Crippen molar-refractivity contribution in [3.8, 4) is 0 Å². The lowest BCUT2D eigenvalue weighted by atomic mass is 9.74. The van der Waals surface area contributed by atoms with E-state index >= 15 is 0 Å². The molecule has 3 rings (SSSR count). The first-order valence-corrected chi connectivity index (χ1v) is 14.0. The van der Waals surface area contributed by atoms with Crippen LogP contribution in [-0.4, -0.2) is 48.4 Å². The molecule has 9 heteroatoms. The van der Waals surface area contributed by atoms with Crippen molar-refractivity contribution in [3.63, 3.8) is 0 Å². The Hall–Kier alpha value is -2.09. The van der Waals surface area contributed by atoms with Crippen molar-refractivity contribution in [3.05, 3.63) is 69.7 Å². The highest BCUT2D eigenvalue weighted by Gasteiger charge is 2.46. The highest BCUT2D eigenvalue weighted by atomic mass is 35.5. The number of carbonyl (C=O) groups excluding carboxylic acids is 1. The quantitative estimate of drug-likeness (QED) is 0.475. The standard InChI is InChI=1S/C25H29Cl2NO5S/c1-3-21(11-12-34(2,32)33)28-24(16-7-9-19(26)10-8-16)22(17-5-4-6-20(27)13-17)14-18(25(28)31)15-23(29)30/h4-10,13,18,21-22,24H,3,11-12,14-15H2,1-2H3,(H,29,30)/t18-,21+,22+,24+/m0/s1. The Morgan fingerprint density at radius 3 is 2.35 bits per heavy atom. The van der Waals surface area contributed by atoms with E-state index in [-0.39, 0.29) is 36.5 Å². The number of piperidine rings is 1. The molecular formula is C25H29Cl2NO5S. The second kappa shape index (κ2) is 11.1. The highest BCUT2D eigenvalue weighted by Crippen LogP contribution is 2.48. The maximum absolute atomic E-state index is 13.7. The molecule has 1 amide bonds. The number of benzene rings is 2. The van der Waals surface area contributed by atoms with E-state index in [0.717, 1.165) is 11.1 Å². The van der Waals surface area contributed by atoms with Crippen molar-refractivity contribution in [1.29, 1.82) is 0 Å². The lowest BCUT2D eigenvalue weighted by Crippen LogP contribution is -2.52. The summed E-state index contributed by atoms with van der Waals surface area (Å²) in [5, 5.41) is 10.6. The first kappa shape index (κ1) is 26.5. The van der Waals surface area contributed by atoms with Crippen LogP contribution in [0.4, 0.5) is 0 Å². The minimum absolute atomic E-state index is 0.0615. The van der Waals surface area contributed by atoms with Crippen LogP contribution in [0.25, 0.3) is 0 Å². The number of hydrogen-bond acceptors (Lipinski definition) is 4. The van der Waals surface area contributed by atoms with E-state index in [0.29, 0.717) is 22.9 Å². The second-order valence-corrected chi connectivity index (χ2v) is 12.0. The van der Waals surface area contributed by atoms with Gasteiger partial charge in [0.1, 0.15) is 9.84 Å². The molecule has 0 radical (unpaired) electrons. The molecule has 2 aromatic rings. The second-order valence-electron chi connectivity index (χ2n) is 8.91. The average molecular weight is 526 g/mol. The molecule has 1 saturated heterocycles. The van der Waals surface area contributed by atoms with Crippen molar-refractivity contribution < 1.29 is 23.1 Å². The van der Waals surface area contributed by atoms with Crippen molar-refractivity contribution in [2.45, 2.75) is 50.6 Å². The largest absolute Gasteiger partial charge is 0.481 e. The summed E-state index contributed by atoms with van der Waals surface area (Å²) in [5.41, 5.74) is 1.76. The van der Waals surface area contributed by atoms with Crippen LogP contribution >= 0.6 is 23.2 Å². The normalized spacial score (nSPS) is 21.9. The molecule has 1 heterocycles. The highest BCUT2D eigenvalue weighted by molar-refractivity contribution is 7.90. The molecule has 0 spiro atoms. The van der Waals surface area contributed by atoms with Gasteiger partial charge in [0.05, 0.1) is 18.2 Å². The van der Waals surface area contributed by atoms with E-state index in [2.05, 4.69) is 0 Å². The van der Waals surface area contributed by atoms with E-state index < -0.39 is 27.8 Å². The van der Waals surface area contributed by atoms with Gasteiger partial charge in [-0.05, 0) is 54.7 Å². The topological polar surface area (TPSA) is 91.8 Å². The minimum atomic E-state index is -3.24. The smallest absolute Gasteiger partial charge is 0.304 e. The molecule has 4 atom stereocenters. The summed E-state index contributed by atoms with van der Waals surface area (Å²) in [6.07, 6.45) is 2.04.